The van der Waals surface area contributed by atoms with Crippen molar-refractivity contribution in [2.45, 2.75) is 58.8 Å². The lowest BCUT2D eigenvalue weighted by Gasteiger charge is -2.46. The quantitative estimate of drug-likeness (QED) is 0.676. The molecule has 1 aliphatic carbocycles. The molecule has 0 fully saturated rings. The summed E-state index contributed by atoms with van der Waals surface area (Å²) < 4.78 is 0. The number of fused-ring (bicyclic) bond motifs is 1. The van der Waals surface area contributed by atoms with Gasteiger partial charge in [0.05, 0.1) is 11.3 Å². The van der Waals surface area contributed by atoms with Gasteiger partial charge in [0, 0.05) is 6.21 Å². The number of benzene rings is 2. The summed E-state index contributed by atoms with van der Waals surface area (Å²) in [6.45, 7) is 13.5. The molecule has 27 heavy (non-hydrogen) atoms. The molecule has 3 heteroatoms. The van der Waals surface area contributed by atoms with Gasteiger partial charge in [-0.05, 0) is 64.5 Å². The lowest BCUT2D eigenvalue weighted by atomic mass is 9.58. The lowest BCUT2D eigenvalue weighted by Crippen LogP contribution is -2.40. The van der Waals surface area contributed by atoms with Crippen LogP contribution in [0.5, 0.6) is 0 Å². The molecule has 0 amide bonds. The van der Waals surface area contributed by atoms with Gasteiger partial charge in [0.15, 0.2) is 0 Å². The monoisotopic (exact) mass is 363 g/mol. The van der Waals surface area contributed by atoms with Gasteiger partial charge in [-0.2, -0.15) is 0 Å². The van der Waals surface area contributed by atoms with Gasteiger partial charge in [0.25, 0.3) is 0 Å². The van der Waals surface area contributed by atoms with E-state index in [0.29, 0.717) is 11.6 Å². The van der Waals surface area contributed by atoms with Crippen LogP contribution in [-0.4, -0.2) is 17.3 Å². The second kappa shape index (κ2) is 6.63. The van der Waals surface area contributed by atoms with Gasteiger partial charge in [0.2, 0.25) is 0 Å². The molecule has 0 bridgehead atoms. The van der Waals surface area contributed by atoms with E-state index in [-0.39, 0.29) is 16.4 Å². The first-order valence-electron chi connectivity index (χ1n) is 9.56. The van der Waals surface area contributed by atoms with Crippen molar-refractivity contribution in [2.24, 2.45) is 10.9 Å². The molecule has 1 unspecified atom stereocenters. The number of aryl methyl sites for hydroxylation is 1. The Morgan fingerprint density at radius 3 is 2.52 bits per heavy atom. The molecule has 2 aromatic rings. The maximum Gasteiger partial charge on any atom is 0.337 e. The smallest absolute Gasteiger partial charge is 0.337 e. The Bertz CT molecular complexity index is 922. The highest BCUT2D eigenvalue weighted by Gasteiger charge is 2.41. The Labute approximate surface area is 162 Å². The van der Waals surface area contributed by atoms with Crippen LogP contribution >= 0.6 is 0 Å². The number of nitrogens with zero attached hydrogens (tertiary/aromatic N) is 1. The Kier molecular flexibility index (Phi) is 4.75. The number of para-hydroxylation sites is 1. The summed E-state index contributed by atoms with van der Waals surface area (Å²) >= 11 is 0. The van der Waals surface area contributed by atoms with E-state index in [1.54, 1.807) is 18.3 Å². The first-order valence-corrected chi connectivity index (χ1v) is 9.56. The molecule has 0 spiro atoms. The van der Waals surface area contributed by atoms with Crippen molar-refractivity contribution < 1.29 is 9.90 Å². The van der Waals surface area contributed by atoms with Crippen LogP contribution in [0.25, 0.3) is 0 Å². The van der Waals surface area contributed by atoms with E-state index in [9.17, 15) is 9.90 Å². The van der Waals surface area contributed by atoms with Crippen molar-refractivity contribution in [2.75, 3.05) is 0 Å². The van der Waals surface area contributed by atoms with E-state index < -0.39 is 5.97 Å². The van der Waals surface area contributed by atoms with Gasteiger partial charge in [-0.3, -0.25) is 4.99 Å². The summed E-state index contributed by atoms with van der Waals surface area (Å²) in [6, 6.07) is 11.8. The summed E-state index contributed by atoms with van der Waals surface area (Å²) in [5.41, 5.74) is 5.67. The van der Waals surface area contributed by atoms with Crippen LogP contribution in [0, 0.1) is 12.8 Å². The molecule has 0 aromatic heterocycles. The van der Waals surface area contributed by atoms with Crippen LogP contribution in [-0.2, 0) is 10.8 Å². The molecule has 0 heterocycles. The molecule has 1 N–H and O–H groups in total. The molecule has 0 saturated heterocycles. The van der Waals surface area contributed by atoms with Gasteiger partial charge in [-0.25, -0.2) is 4.79 Å². The van der Waals surface area contributed by atoms with Crippen molar-refractivity contribution in [3.05, 3.63) is 64.2 Å². The second-order valence-electron chi connectivity index (χ2n) is 9.05. The zero-order valence-electron chi connectivity index (χ0n) is 17.1. The Balaban J connectivity index is 2.06. The largest absolute Gasteiger partial charge is 0.478 e. The van der Waals surface area contributed by atoms with Gasteiger partial charge in [-0.15, -0.1) is 0 Å². The van der Waals surface area contributed by atoms with Crippen LogP contribution in [0.4, 0.5) is 5.69 Å². The molecule has 3 rings (SSSR count). The van der Waals surface area contributed by atoms with E-state index in [2.05, 4.69) is 57.8 Å². The number of rotatable bonds is 3. The summed E-state index contributed by atoms with van der Waals surface area (Å²) in [5, 5.41) is 9.43. The van der Waals surface area contributed by atoms with Crippen LogP contribution in [0.2, 0.25) is 0 Å². The summed E-state index contributed by atoms with van der Waals surface area (Å²) in [6.07, 6.45) is 2.96. The van der Waals surface area contributed by atoms with E-state index in [1.165, 1.54) is 17.5 Å². The van der Waals surface area contributed by atoms with E-state index in [4.69, 9.17) is 0 Å². The lowest BCUT2D eigenvalue weighted by molar-refractivity contribution is 0.0697. The van der Waals surface area contributed by atoms with Crippen LogP contribution in [0.3, 0.4) is 0 Å². The first-order chi connectivity index (χ1) is 12.5. The number of hydrogen-bond donors (Lipinski definition) is 1. The molecule has 3 nitrogen and oxygen atoms in total. The highest BCUT2D eigenvalue weighted by molar-refractivity contribution is 5.96. The Morgan fingerprint density at radius 1 is 1.15 bits per heavy atom. The first kappa shape index (κ1) is 19.3. The van der Waals surface area contributed by atoms with E-state index in [1.807, 2.05) is 13.0 Å². The highest BCUT2D eigenvalue weighted by atomic mass is 16.4. The topological polar surface area (TPSA) is 49.7 Å². The van der Waals surface area contributed by atoms with Gasteiger partial charge in [0.1, 0.15) is 0 Å². The molecular weight excluding hydrogens is 334 g/mol. The Morgan fingerprint density at radius 2 is 1.85 bits per heavy atom. The minimum absolute atomic E-state index is 0.101. The molecule has 0 radical (unpaired) electrons. The van der Waals surface area contributed by atoms with Gasteiger partial charge < -0.3 is 5.11 Å². The maximum atomic E-state index is 11.5. The van der Waals surface area contributed by atoms with Crippen molar-refractivity contribution in [3.63, 3.8) is 0 Å². The standard InChI is InChI=1S/C24H29NO2/c1-15-8-7-9-18(22(26)27)21(15)25-14-17-10-11-19-20(12-17)24(5,6)16(2)13-23(19,3)4/h7-12,14,16H,13H2,1-6H3,(H,26,27). The third kappa shape index (κ3) is 3.43. The number of aliphatic imine (C=N–C) groups is 1. The number of carboxylic acid groups (broad SMARTS) is 1. The molecule has 0 aliphatic heterocycles. The fourth-order valence-electron chi connectivity index (χ4n) is 4.30. The number of hydrogen-bond acceptors (Lipinski definition) is 2. The van der Waals surface area contributed by atoms with Crippen LogP contribution in [0.15, 0.2) is 41.4 Å². The van der Waals surface area contributed by atoms with Crippen molar-refractivity contribution in [3.8, 4) is 0 Å². The zero-order chi connectivity index (χ0) is 20.0. The van der Waals surface area contributed by atoms with Crippen LogP contribution in [0.1, 0.15) is 73.7 Å². The number of carbonyl (C=O) groups is 1. The SMILES string of the molecule is Cc1cccc(C(=O)O)c1N=Cc1ccc2c(c1)C(C)(C)C(C)CC2(C)C. The predicted octanol–water partition coefficient (Wildman–Crippen LogP) is 6.04. The van der Waals surface area contributed by atoms with Crippen molar-refractivity contribution in [1.82, 2.24) is 0 Å². The molecule has 2 aromatic carbocycles. The molecule has 0 saturated carbocycles. The summed E-state index contributed by atoms with van der Waals surface area (Å²) in [5.74, 6) is -0.366. The molecule has 1 atom stereocenters. The average Bonchev–Trinajstić information content (AvgIpc) is 2.58. The molecule has 142 valence electrons. The van der Waals surface area contributed by atoms with E-state index >= 15 is 0 Å². The van der Waals surface area contributed by atoms with Crippen LogP contribution < -0.4 is 0 Å². The molecule has 1 aliphatic rings. The Hall–Kier alpha value is -2.42. The zero-order valence-corrected chi connectivity index (χ0v) is 17.1. The number of aromatic carboxylic acids is 1. The average molecular weight is 364 g/mol. The third-order valence-corrected chi connectivity index (χ3v) is 6.33. The minimum Gasteiger partial charge on any atom is -0.478 e. The van der Waals surface area contributed by atoms with Crippen molar-refractivity contribution >= 4 is 17.9 Å². The van der Waals surface area contributed by atoms with E-state index in [0.717, 1.165) is 11.1 Å². The maximum absolute atomic E-state index is 11.5. The third-order valence-electron chi connectivity index (χ3n) is 6.33. The second-order valence-corrected chi connectivity index (χ2v) is 9.05. The normalized spacial score (nSPS) is 20.4. The summed E-state index contributed by atoms with van der Waals surface area (Å²) in [4.78, 5) is 16.0. The highest BCUT2D eigenvalue weighted by Crippen LogP contribution is 2.49. The van der Waals surface area contributed by atoms with Crippen molar-refractivity contribution in [1.29, 1.82) is 0 Å². The van der Waals surface area contributed by atoms with Gasteiger partial charge in [-0.1, -0.05) is 58.9 Å². The molecular formula is C24H29NO2. The van der Waals surface area contributed by atoms with Gasteiger partial charge >= 0.3 is 5.97 Å². The number of carboxylic acids is 1. The summed E-state index contributed by atoms with van der Waals surface area (Å²) in [7, 11) is 0. The fourth-order valence-corrected chi connectivity index (χ4v) is 4.30. The predicted molar refractivity (Wildman–Crippen MR) is 112 cm³/mol. The minimum atomic E-state index is -0.951. The fraction of sp³-hybridized carbons (Fsp3) is 0.417.